The summed E-state index contributed by atoms with van der Waals surface area (Å²) in [6.45, 7) is 5.43. The van der Waals surface area contributed by atoms with Gasteiger partial charge in [-0.2, -0.15) is 0 Å². The van der Waals surface area contributed by atoms with Crippen LogP contribution < -0.4 is 4.74 Å². The molecular weight excluding hydrogens is 344 g/mol. The highest BCUT2D eigenvalue weighted by molar-refractivity contribution is 6.07. The number of benzene rings is 2. The molecule has 1 aromatic heterocycles. The number of carboxylic acid groups (broad SMARTS) is 1. The molecule has 136 valence electrons. The molecular formula is C21H18N2O4. The van der Waals surface area contributed by atoms with Crippen molar-refractivity contribution in [2.24, 2.45) is 0 Å². The predicted octanol–water partition coefficient (Wildman–Crippen LogP) is 3.99. The van der Waals surface area contributed by atoms with Crippen molar-refractivity contribution >= 4 is 11.9 Å². The van der Waals surface area contributed by atoms with Crippen molar-refractivity contribution < 1.29 is 19.4 Å². The lowest BCUT2D eigenvalue weighted by atomic mass is 9.97. The van der Waals surface area contributed by atoms with Crippen molar-refractivity contribution in [1.29, 1.82) is 0 Å². The van der Waals surface area contributed by atoms with Crippen LogP contribution in [-0.4, -0.2) is 27.0 Å². The number of carbonyl (C=O) groups is 2. The molecule has 0 aliphatic heterocycles. The van der Waals surface area contributed by atoms with Crippen LogP contribution in [0.4, 0.5) is 0 Å². The van der Waals surface area contributed by atoms with Gasteiger partial charge >= 0.3 is 11.9 Å². The molecule has 0 radical (unpaired) electrons. The number of para-hydroxylation sites is 1. The average molecular weight is 362 g/mol. The van der Waals surface area contributed by atoms with Gasteiger partial charge in [0.05, 0.1) is 33.9 Å². The third-order valence-corrected chi connectivity index (χ3v) is 4.19. The van der Waals surface area contributed by atoms with E-state index in [4.69, 9.17) is 4.74 Å². The molecule has 3 aromatic rings. The summed E-state index contributed by atoms with van der Waals surface area (Å²) >= 11 is 0. The summed E-state index contributed by atoms with van der Waals surface area (Å²) < 4.78 is 5.40. The van der Waals surface area contributed by atoms with E-state index < -0.39 is 11.9 Å². The van der Waals surface area contributed by atoms with Crippen LogP contribution in [0.25, 0.3) is 11.3 Å². The van der Waals surface area contributed by atoms with Crippen LogP contribution in [0.1, 0.15) is 37.8 Å². The zero-order valence-corrected chi connectivity index (χ0v) is 15.2. The van der Waals surface area contributed by atoms with Crippen molar-refractivity contribution in [2.45, 2.75) is 20.8 Å². The zero-order valence-electron chi connectivity index (χ0n) is 15.2. The first-order valence-electron chi connectivity index (χ1n) is 8.34. The second-order valence-corrected chi connectivity index (χ2v) is 6.06. The van der Waals surface area contributed by atoms with E-state index in [1.165, 1.54) is 6.07 Å². The third kappa shape index (κ3) is 3.69. The molecule has 0 bridgehead atoms. The van der Waals surface area contributed by atoms with Crippen molar-refractivity contribution in [1.82, 2.24) is 9.97 Å². The highest BCUT2D eigenvalue weighted by Gasteiger charge is 2.25. The fourth-order valence-electron chi connectivity index (χ4n) is 2.76. The number of aromatic carboxylic acids is 1. The van der Waals surface area contributed by atoms with E-state index in [2.05, 4.69) is 9.97 Å². The normalized spacial score (nSPS) is 10.5. The molecule has 6 nitrogen and oxygen atoms in total. The fraction of sp³-hybridized carbons (Fsp3) is 0.143. The van der Waals surface area contributed by atoms with Crippen molar-refractivity contribution in [3.8, 4) is 17.0 Å². The zero-order chi connectivity index (χ0) is 19.6. The molecule has 0 aliphatic rings. The van der Waals surface area contributed by atoms with Gasteiger partial charge in [0, 0.05) is 5.56 Å². The van der Waals surface area contributed by atoms with E-state index in [1.54, 1.807) is 49.4 Å². The Morgan fingerprint density at radius 3 is 2.19 bits per heavy atom. The molecule has 0 fully saturated rings. The lowest BCUT2D eigenvalue weighted by Gasteiger charge is -2.14. The van der Waals surface area contributed by atoms with Crippen molar-refractivity contribution in [3.63, 3.8) is 0 Å². The summed E-state index contributed by atoms with van der Waals surface area (Å²) in [5, 5.41) is 9.58. The molecule has 3 rings (SSSR count). The molecule has 27 heavy (non-hydrogen) atoms. The Morgan fingerprint density at radius 2 is 1.52 bits per heavy atom. The Kier molecular flexibility index (Phi) is 4.98. The predicted molar refractivity (Wildman–Crippen MR) is 100 cm³/mol. The van der Waals surface area contributed by atoms with Crippen LogP contribution in [0.3, 0.4) is 0 Å². The van der Waals surface area contributed by atoms with Gasteiger partial charge < -0.3 is 9.84 Å². The van der Waals surface area contributed by atoms with Gasteiger partial charge in [-0.25, -0.2) is 14.6 Å². The molecule has 2 aromatic carbocycles. The van der Waals surface area contributed by atoms with Crippen LogP contribution in [0.5, 0.6) is 5.75 Å². The second kappa shape index (κ2) is 7.37. The monoisotopic (exact) mass is 362 g/mol. The average Bonchev–Trinajstić information content (AvgIpc) is 2.64. The van der Waals surface area contributed by atoms with Gasteiger partial charge in [0.1, 0.15) is 5.75 Å². The van der Waals surface area contributed by atoms with E-state index in [9.17, 15) is 14.7 Å². The van der Waals surface area contributed by atoms with Gasteiger partial charge in [0.25, 0.3) is 0 Å². The number of carbonyl (C=O) groups excluding carboxylic acids is 1. The first kappa shape index (κ1) is 18.3. The van der Waals surface area contributed by atoms with Gasteiger partial charge in [-0.1, -0.05) is 30.3 Å². The van der Waals surface area contributed by atoms with Crippen molar-refractivity contribution in [2.75, 3.05) is 0 Å². The third-order valence-electron chi connectivity index (χ3n) is 4.19. The van der Waals surface area contributed by atoms with Crippen LogP contribution in [0.2, 0.25) is 0 Å². The van der Waals surface area contributed by atoms with Gasteiger partial charge in [0.15, 0.2) is 0 Å². The molecule has 6 heteroatoms. The minimum absolute atomic E-state index is 0.0468. The summed E-state index contributed by atoms with van der Waals surface area (Å²) in [7, 11) is 0. The summed E-state index contributed by atoms with van der Waals surface area (Å²) in [5.74, 6) is -1.64. The summed E-state index contributed by atoms with van der Waals surface area (Å²) in [6, 6.07) is 13.1. The molecule has 0 saturated heterocycles. The summed E-state index contributed by atoms with van der Waals surface area (Å²) in [5.41, 5.74) is 2.74. The Hall–Kier alpha value is -3.54. The number of rotatable bonds is 4. The molecule has 0 unspecified atom stereocenters. The van der Waals surface area contributed by atoms with Crippen LogP contribution in [0.15, 0.2) is 48.5 Å². The fourth-order valence-corrected chi connectivity index (χ4v) is 2.76. The lowest BCUT2D eigenvalue weighted by molar-refractivity contribution is 0.0668. The van der Waals surface area contributed by atoms with Gasteiger partial charge in [-0.15, -0.1) is 0 Å². The minimum atomic E-state index is -1.22. The van der Waals surface area contributed by atoms with E-state index in [1.807, 2.05) is 13.8 Å². The van der Waals surface area contributed by atoms with Crippen LogP contribution in [0, 0.1) is 20.8 Å². The van der Waals surface area contributed by atoms with Crippen LogP contribution >= 0.6 is 0 Å². The minimum Gasteiger partial charge on any atom is -0.478 e. The molecule has 1 N–H and O–H groups in total. The number of hydrogen-bond donors (Lipinski definition) is 1. The number of nitrogens with zero attached hydrogens (tertiary/aromatic N) is 2. The number of esters is 1. The molecule has 1 heterocycles. The number of ether oxygens (including phenoxy) is 1. The molecule has 0 spiro atoms. The van der Waals surface area contributed by atoms with Gasteiger partial charge in [0.2, 0.25) is 0 Å². The number of carboxylic acids is 1. The number of aromatic nitrogens is 2. The molecule has 0 atom stereocenters. The van der Waals surface area contributed by atoms with Gasteiger partial charge in [-0.3, -0.25) is 4.98 Å². The van der Waals surface area contributed by atoms with E-state index in [0.717, 1.165) is 5.69 Å². The van der Waals surface area contributed by atoms with Gasteiger partial charge in [-0.05, 0) is 39.0 Å². The van der Waals surface area contributed by atoms with Crippen molar-refractivity contribution in [3.05, 3.63) is 76.7 Å². The summed E-state index contributed by atoms with van der Waals surface area (Å²) in [4.78, 5) is 33.6. The van der Waals surface area contributed by atoms with E-state index in [-0.39, 0.29) is 11.1 Å². The second-order valence-electron chi connectivity index (χ2n) is 6.06. The maximum absolute atomic E-state index is 12.9. The molecule has 0 amide bonds. The Balaban J connectivity index is 2.18. The Labute approximate surface area is 156 Å². The molecule has 0 saturated carbocycles. The Bertz CT molecular complexity index is 1030. The largest absolute Gasteiger partial charge is 0.478 e. The maximum Gasteiger partial charge on any atom is 0.345 e. The highest BCUT2D eigenvalue weighted by atomic mass is 16.5. The van der Waals surface area contributed by atoms with E-state index in [0.29, 0.717) is 28.4 Å². The standard InChI is InChI=1S/C21H18N2O4/c1-12-13(2)23-19(14(3)22-12)16-10-7-11-17(20(24)25)18(16)21(26)27-15-8-5-4-6-9-15/h4-11H,1-3H3,(H,24,25). The first-order valence-corrected chi connectivity index (χ1v) is 8.34. The first-order chi connectivity index (χ1) is 12.9. The lowest BCUT2D eigenvalue weighted by Crippen LogP contribution is -2.16. The number of hydrogen-bond acceptors (Lipinski definition) is 5. The van der Waals surface area contributed by atoms with E-state index >= 15 is 0 Å². The topological polar surface area (TPSA) is 89.4 Å². The number of aryl methyl sites for hydroxylation is 3. The molecule has 0 aliphatic carbocycles. The highest BCUT2D eigenvalue weighted by Crippen LogP contribution is 2.29. The quantitative estimate of drug-likeness (QED) is 0.558. The SMILES string of the molecule is Cc1nc(C)c(-c2cccc(C(=O)O)c2C(=O)Oc2ccccc2)nc1C. The Morgan fingerprint density at radius 1 is 0.852 bits per heavy atom. The maximum atomic E-state index is 12.9. The summed E-state index contributed by atoms with van der Waals surface area (Å²) in [6.07, 6.45) is 0. The van der Waals surface area contributed by atoms with Crippen LogP contribution in [-0.2, 0) is 0 Å². The smallest absolute Gasteiger partial charge is 0.345 e.